The molecule has 2 N–H and O–H groups in total. The second-order valence-electron chi connectivity index (χ2n) is 6.70. The molecule has 0 fully saturated rings. The number of aromatic hydroxyl groups is 1. The standard InChI is InChI=1S/C22H21NO6/c1-14(24)19(9-15-5-3-2-4-6-15)23-21(26)13-29-22(27)10-16-12-28-20-11-17(25)7-8-18(16)20/h2-8,11-12,19,25H,9-10,13H2,1H3,(H,23,26)/t19-/m0/s1. The number of amides is 1. The SMILES string of the molecule is CC(=O)[C@H](Cc1ccccc1)NC(=O)COC(=O)Cc1coc2cc(O)ccc12. The summed E-state index contributed by atoms with van der Waals surface area (Å²) >= 11 is 0. The Morgan fingerprint density at radius 1 is 1.14 bits per heavy atom. The third kappa shape index (κ3) is 5.44. The van der Waals surface area contributed by atoms with Crippen LogP contribution in [0.25, 0.3) is 11.0 Å². The summed E-state index contributed by atoms with van der Waals surface area (Å²) in [5, 5.41) is 12.7. The molecule has 3 rings (SSSR count). The van der Waals surface area contributed by atoms with Crippen molar-refractivity contribution in [1.29, 1.82) is 0 Å². The number of esters is 1. The van der Waals surface area contributed by atoms with Crippen LogP contribution in [0.4, 0.5) is 0 Å². The maximum atomic E-state index is 12.1. The zero-order valence-electron chi connectivity index (χ0n) is 15.9. The molecule has 0 radical (unpaired) electrons. The molecular weight excluding hydrogens is 374 g/mol. The zero-order valence-corrected chi connectivity index (χ0v) is 15.9. The van der Waals surface area contributed by atoms with Gasteiger partial charge in [0.1, 0.15) is 11.3 Å². The molecule has 29 heavy (non-hydrogen) atoms. The number of carbonyl (C=O) groups is 3. The molecule has 0 unspecified atom stereocenters. The predicted molar refractivity (Wildman–Crippen MR) is 105 cm³/mol. The van der Waals surface area contributed by atoms with Crippen molar-refractivity contribution >= 4 is 28.6 Å². The molecule has 1 amide bonds. The Bertz CT molecular complexity index is 1020. The van der Waals surface area contributed by atoms with Crippen LogP contribution in [0.5, 0.6) is 5.75 Å². The maximum absolute atomic E-state index is 12.1. The van der Waals surface area contributed by atoms with Crippen molar-refractivity contribution in [3.05, 3.63) is 65.9 Å². The first-order chi connectivity index (χ1) is 13.9. The van der Waals surface area contributed by atoms with Crippen LogP contribution in [0.3, 0.4) is 0 Å². The first-order valence-corrected chi connectivity index (χ1v) is 9.11. The van der Waals surface area contributed by atoms with Gasteiger partial charge in [0.15, 0.2) is 12.4 Å². The lowest BCUT2D eigenvalue weighted by molar-refractivity contribution is -0.148. The van der Waals surface area contributed by atoms with Gasteiger partial charge in [-0.15, -0.1) is 0 Å². The second-order valence-corrected chi connectivity index (χ2v) is 6.70. The van der Waals surface area contributed by atoms with Crippen LogP contribution in [0, 0.1) is 0 Å². The summed E-state index contributed by atoms with van der Waals surface area (Å²) in [6, 6.07) is 13.2. The monoisotopic (exact) mass is 395 g/mol. The number of ether oxygens (including phenoxy) is 1. The van der Waals surface area contributed by atoms with E-state index in [0.717, 1.165) is 5.56 Å². The molecule has 0 aliphatic heterocycles. The van der Waals surface area contributed by atoms with E-state index in [2.05, 4.69) is 5.32 Å². The van der Waals surface area contributed by atoms with Crippen LogP contribution in [0.1, 0.15) is 18.1 Å². The van der Waals surface area contributed by atoms with Crippen molar-refractivity contribution in [3.8, 4) is 5.75 Å². The van der Waals surface area contributed by atoms with Crippen molar-refractivity contribution in [3.63, 3.8) is 0 Å². The zero-order chi connectivity index (χ0) is 20.8. The Hall–Kier alpha value is -3.61. The van der Waals surface area contributed by atoms with Gasteiger partial charge in [0.25, 0.3) is 5.91 Å². The highest BCUT2D eigenvalue weighted by atomic mass is 16.5. The average molecular weight is 395 g/mol. The van der Waals surface area contributed by atoms with E-state index in [1.165, 1.54) is 25.3 Å². The molecule has 2 aromatic carbocycles. The number of fused-ring (bicyclic) bond motifs is 1. The molecule has 0 bridgehead atoms. The number of Topliss-reactive ketones (excluding diaryl/α,β-unsaturated/α-hetero) is 1. The Balaban J connectivity index is 1.52. The molecule has 0 aliphatic carbocycles. The van der Waals surface area contributed by atoms with Crippen LogP contribution in [0.15, 0.2) is 59.2 Å². The molecule has 0 saturated heterocycles. The molecule has 0 spiro atoms. The third-order valence-electron chi connectivity index (χ3n) is 4.45. The minimum absolute atomic E-state index is 0.0631. The summed E-state index contributed by atoms with van der Waals surface area (Å²) in [6.45, 7) is 0.926. The minimum atomic E-state index is -0.686. The Morgan fingerprint density at radius 3 is 2.62 bits per heavy atom. The first kappa shape index (κ1) is 20.1. The molecule has 7 nitrogen and oxygen atoms in total. The van der Waals surface area contributed by atoms with Gasteiger partial charge in [-0.25, -0.2) is 0 Å². The lowest BCUT2D eigenvalue weighted by Crippen LogP contribution is -2.43. The van der Waals surface area contributed by atoms with Crippen LogP contribution in [-0.2, 0) is 32.0 Å². The van der Waals surface area contributed by atoms with Crippen LogP contribution >= 0.6 is 0 Å². The summed E-state index contributed by atoms with van der Waals surface area (Å²) in [7, 11) is 0. The Kier molecular flexibility index (Phi) is 6.29. The third-order valence-corrected chi connectivity index (χ3v) is 4.45. The highest BCUT2D eigenvalue weighted by Gasteiger charge is 2.19. The predicted octanol–water partition coefficient (Wildman–Crippen LogP) is 2.54. The molecule has 0 aliphatic rings. The van der Waals surface area contributed by atoms with E-state index in [4.69, 9.17) is 9.15 Å². The lowest BCUT2D eigenvalue weighted by atomic mass is 10.0. The van der Waals surface area contributed by atoms with E-state index in [0.29, 0.717) is 23.0 Å². The Morgan fingerprint density at radius 2 is 1.90 bits per heavy atom. The molecule has 150 valence electrons. The second kappa shape index (κ2) is 9.05. The topological polar surface area (TPSA) is 106 Å². The van der Waals surface area contributed by atoms with E-state index in [9.17, 15) is 19.5 Å². The number of phenolic OH excluding ortho intramolecular Hbond substituents is 1. The quantitative estimate of drug-likeness (QED) is 0.568. The fourth-order valence-electron chi connectivity index (χ4n) is 2.94. The minimum Gasteiger partial charge on any atom is -0.508 e. The lowest BCUT2D eigenvalue weighted by Gasteiger charge is -2.16. The maximum Gasteiger partial charge on any atom is 0.310 e. The largest absolute Gasteiger partial charge is 0.508 e. The number of hydrogen-bond donors (Lipinski definition) is 2. The van der Waals surface area contributed by atoms with Gasteiger partial charge in [0.05, 0.1) is 18.7 Å². The van der Waals surface area contributed by atoms with Gasteiger partial charge < -0.3 is 19.6 Å². The molecule has 0 saturated carbocycles. The van der Waals surface area contributed by atoms with Gasteiger partial charge in [0, 0.05) is 17.0 Å². The summed E-state index contributed by atoms with van der Waals surface area (Å²) in [4.78, 5) is 36.0. The number of benzene rings is 2. The van der Waals surface area contributed by atoms with E-state index in [-0.39, 0.29) is 18.0 Å². The number of phenols is 1. The number of furan rings is 1. The van der Waals surface area contributed by atoms with E-state index < -0.39 is 24.5 Å². The smallest absolute Gasteiger partial charge is 0.310 e. The van der Waals surface area contributed by atoms with Crippen molar-refractivity contribution in [2.45, 2.75) is 25.8 Å². The fraction of sp³-hybridized carbons (Fsp3) is 0.227. The van der Waals surface area contributed by atoms with Crippen molar-refractivity contribution < 1.29 is 28.6 Å². The van der Waals surface area contributed by atoms with Crippen molar-refractivity contribution in [1.82, 2.24) is 5.32 Å². The molecule has 3 aromatic rings. The average Bonchev–Trinajstić information content (AvgIpc) is 3.08. The van der Waals surface area contributed by atoms with Gasteiger partial charge in [-0.3, -0.25) is 14.4 Å². The van der Waals surface area contributed by atoms with Crippen LogP contribution in [0.2, 0.25) is 0 Å². The molecule has 1 atom stereocenters. The van der Waals surface area contributed by atoms with Crippen molar-refractivity contribution in [2.75, 3.05) is 6.61 Å². The number of hydrogen-bond acceptors (Lipinski definition) is 6. The number of ketones is 1. The van der Waals surface area contributed by atoms with E-state index in [1.807, 2.05) is 30.3 Å². The Labute approximate surface area is 167 Å². The molecular formula is C22H21NO6. The van der Waals surface area contributed by atoms with E-state index >= 15 is 0 Å². The summed E-state index contributed by atoms with van der Waals surface area (Å²) in [5.74, 6) is -1.26. The summed E-state index contributed by atoms with van der Waals surface area (Å²) in [5.41, 5.74) is 1.97. The van der Waals surface area contributed by atoms with Gasteiger partial charge in [-0.2, -0.15) is 0 Å². The highest BCUT2D eigenvalue weighted by molar-refractivity contribution is 5.90. The van der Waals surface area contributed by atoms with Gasteiger partial charge in [-0.05, 0) is 31.0 Å². The normalized spacial score (nSPS) is 11.8. The highest BCUT2D eigenvalue weighted by Crippen LogP contribution is 2.25. The number of nitrogens with one attached hydrogen (secondary N) is 1. The van der Waals surface area contributed by atoms with Crippen LogP contribution in [-0.4, -0.2) is 35.4 Å². The van der Waals surface area contributed by atoms with Gasteiger partial charge in [-0.1, -0.05) is 30.3 Å². The van der Waals surface area contributed by atoms with Crippen LogP contribution < -0.4 is 5.32 Å². The molecule has 7 heteroatoms. The number of carbonyl (C=O) groups excluding carboxylic acids is 3. The summed E-state index contributed by atoms with van der Waals surface area (Å²) < 4.78 is 10.3. The summed E-state index contributed by atoms with van der Waals surface area (Å²) in [6.07, 6.45) is 1.70. The fourth-order valence-corrected chi connectivity index (χ4v) is 2.94. The molecule has 1 heterocycles. The van der Waals surface area contributed by atoms with Crippen molar-refractivity contribution in [2.24, 2.45) is 0 Å². The van der Waals surface area contributed by atoms with E-state index in [1.54, 1.807) is 6.07 Å². The first-order valence-electron chi connectivity index (χ1n) is 9.11. The van der Waals surface area contributed by atoms with Gasteiger partial charge in [0.2, 0.25) is 0 Å². The van der Waals surface area contributed by atoms with Gasteiger partial charge >= 0.3 is 5.97 Å². The number of rotatable bonds is 8. The molecule has 1 aromatic heterocycles.